The summed E-state index contributed by atoms with van der Waals surface area (Å²) in [5.41, 5.74) is 7.96. The van der Waals surface area contributed by atoms with Crippen LogP contribution in [0.25, 0.3) is 0 Å². The number of ether oxygens (including phenoxy) is 2. The molecule has 3 heteroatoms. The molecule has 0 bridgehead atoms. The lowest BCUT2D eigenvalue weighted by Gasteiger charge is -2.15. The standard InChI is InChI=1S/C12H19NO2/c1-8-5-11(14-3)10(7-9(2)13)12(6-8)15-4/h5-6,9H,7,13H2,1-4H3/t9-/m0/s1. The molecule has 0 aliphatic rings. The fraction of sp³-hybridized carbons (Fsp3) is 0.500. The predicted molar refractivity (Wildman–Crippen MR) is 61.6 cm³/mol. The predicted octanol–water partition coefficient (Wildman–Crippen LogP) is 1.90. The molecule has 0 spiro atoms. The van der Waals surface area contributed by atoms with E-state index < -0.39 is 0 Å². The molecule has 0 heterocycles. The molecule has 0 saturated heterocycles. The van der Waals surface area contributed by atoms with Crippen molar-refractivity contribution in [2.45, 2.75) is 26.3 Å². The zero-order valence-corrected chi connectivity index (χ0v) is 9.83. The van der Waals surface area contributed by atoms with Gasteiger partial charge in [-0.2, -0.15) is 0 Å². The quantitative estimate of drug-likeness (QED) is 0.823. The van der Waals surface area contributed by atoms with Crippen LogP contribution in [0, 0.1) is 6.92 Å². The maximum absolute atomic E-state index is 5.80. The normalized spacial score (nSPS) is 12.3. The average molecular weight is 209 g/mol. The molecule has 0 aliphatic carbocycles. The van der Waals surface area contributed by atoms with E-state index in [0.29, 0.717) is 0 Å². The topological polar surface area (TPSA) is 44.5 Å². The minimum Gasteiger partial charge on any atom is -0.496 e. The number of hydrogen-bond donors (Lipinski definition) is 1. The van der Waals surface area contributed by atoms with Gasteiger partial charge in [0, 0.05) is 11.6 Å². The van der Waals surface area contributed by atoms with Crippen molar-refractivity contribution in [2.75, 3.05) is 14.2 Å². The maximum atomic E-state index is 5.80. The summed E-state index contributed by atoms with van der Waals surface area (Å²) in [5.74, 6) is 1.70. The number of benzene rings is 1. The Morgan fingerprint density at radius 1 is 1.20 bits per heavy atom. The van der Waals surface area contributed by atoms with Crippen LogP contribution >= 0.6 is 0 Å². The fourth-order valence-electron chi connectivity index (χ4n) is 1.64. The highest BCUT2D eigenvalue weighted by molar-refractivity contribution is 5.48. The van der Waals surface area contributed by atoms with E-state index in [9.17, 15) is 0 Å². The molecule has 1 aromatic rings. The van der Waals surface area contributed by atoms with Crippen LogP contribution in [0.3, 0.4) is 0 Å². The van der Waals surface area contributed by atoms with Gasteiger partial charge in [0.15, 0.2) is 0 Å². The highest BCUT2D eigenvalue weighted by Gasteiger charge is 2.12. The molecule has 1 rings (SSSR count). The summed E-state index contributed by atoms with van der Waals surface area (Å²) >= 11 is 0. The molecule has 3 nitrogen and oxygen atoms in total. The van der Waals surface area contributed by atoms with Crippen LogP contribution < -0.4 is 15.2 Å². The molecule has 0 aliphatic heterocycles. The molecule has 0 amide bonds. The first-order valence-corrected chi connectivity index (χ1v) is 5.05. The first kappa shape index (κ1) is 11.9. The van der Waals surface area contributed by atoms with Gasteiger partial charge in [0.05, 0.1) is 14.2 Å². The van der Waals surface area contributed by atoms with Crippen molar-refractivity contribution >= 4 is 0 Å². The summed E-state index contributed by atoms with van der Waals surface area (Å²) in [4.78, 5) is 0. The molecule has 0 aromatic heterocycles. The molecule has 0 saturated carbocycles. The molecular weight excluding hydrogens is 190 g/mol. The largest absolute Gasteiger partial charge is 0.496 e. The first-order chi connectivity index (χ1) is 7.08. The zero-order valence-electron chi connectivity index (χ0n) is 9.83. The Bertz CT molecular complexity index is 309. The monoisotopic (exact) mass is 209 g/mol. The first-order valence-electron chi connectivity index (χ1n) is 5.05. The Morgan fingerprint density at radius 3 is 2.00 bits per heavy atom. The van der Waals surface area contributed by atoms with Gasteiger partial charge in [-0.25, -0.2) is 0 Å². The van der Waals surface area contributed by atoms with Crippen LogP contribution in [0.2, 0.25) is 0 Å². The Labute approximate surface area is 91.2 Å². The minimum atomic E-state index is 0.0931. The van der Waals surface area contributed by atoms with E-state index in [4.69, 9.17) is 15.2 Å². The molecule has 1 aromatic carbocycles. The third kappa shape index (κ3) is 2.86. The molecule has 0 radical (unpaired) electrons. The van der Waals surface area contributed by atoms with E-state index in [1.54, 1.807) is 14.2 Å². The van der Waals surface area contributed by atoms with Crippen molar-refractivity contribution in [2.24, 2.45) is 5.73 Å². The summed E-state index contributed by atoms with van der Waals surface area (Å²) in [6.07, 6.45) is 0.757. The molecule has 2 N–H and O–H groups in total. The van der Waals surface area contributed by atoms with E-state index >= 15 is 0 Å². The van der Waals surface area contributed by atoms with E-state index in [1.807, 2.05) is 26.0 Å². The van der Waals surface area contributed by atoms with E-state index in [-0.39, 0.29) is 6.04 Å². The van der Waals surface area contributed by atoms with Crippen molar-refractivity contribution in [3.05, 3.63) is 23.3 Å². The third-order valence-electron chi connectivity index (χ3n) is 2.28. The van der Waals surface area contributed by atoms with Gasteiger partial charge in [0.25, 0.3) is 0 Å². The van der Waals surface area contributed by atoms with Gasteiger partial charge < -0.3 is 15.2 Å². The number of hydrogen-bond acceptors (Lipinski definition) is 3. The molecule has 15 heavy (non-hydrogen) atoms. The van der Waals surface area contributed by atoms with Gasteiger partial charge in [-0.1, -0.05) is 0 Å². The second-order valence-electron chi connectivity index (χ2n) is 3.83. The lowest BCUT2D eigenvalue weighted by Crippen LogP contribution is -2.18. The number of rotatable bonds is 4. The molecule has 0 fully saturated rings. The second kappa shape index (κ2) is 5.03. The molecule has 1 atom stereocenters. The molecule has 0 unspecified atom stereocenters. The van der Waals surface area contributed by atoms with Gasteiger partial charge in [-0.3, -0.25) is 0 Å². The van der Waals surface area contributed by atoms with Crippen molar-refractivity contribution < 1.29 is 9.47 Å². The Morgan fingerprint density at radius 2 is 1.67 bits per heavy atom. The third-order valence-corrected chi connectivity index (χ3v) is 2.28. The summed E-state index contributed by atoms with van der Waals surface area (Å²) in [7, 11) is 3.33. The van der Waals surface area contributed by atoms with Crippen LogP contribution in [0.15, 0.2) is 12.1 Å². The van der Waals surface area contributed by atoms with Gasteiger partial charge in [-0.05, 0) is 38.0 Å². The Balaban J connectivity index is 3.18. The lowest BCUT2D eigenvalue weighted by atomic mass is 10.0. The maximum Gasteiger partial charge on any atom is 0.126 e. The van der Waals surface area contributed by atoms with Crippen molar-refractivity contribution in [1.29, 1.82) is 0 Å². The number of nitrogens with two attached hydrogens (primary N) is 1. The van der Waals surface area contributed by atoms with Crippen molar-refractivity contribution in [1.82, 2.24) is 0 Å². The second-order valence-corrected chi connectivity index (χ2v) is 3.83. The summed E-state index contributed by atoms with van der Waals surface area (Å²) < 4.78 is 10.7. The van der Waals surface area contributed by atoms with E-state index in [2.05, 4.69) is 0 Å². The zero-order chi connectivity index (χ0) is 11.4. The summed E-state index contributed by atoms with van der Waals surface area (Å²) in [5, 5.41) is 0. The van der Waals surface area contributed by atoms with Crippen molar-refractivity contribution in [3.63, 3.8) is 0 Å². The van der Waals surface area contributed by atoms with Gasteiger partial charge in [-0.15, -0.1) is 0 Å². The Kier molecular flexibility index (Phi) is 3.97. The SMILES string of the molecule is COc1cc(C)cc(OC)c1C[C@H](C)N. The van der Waals surface area contributed by atoms with Crippen LogP contribution in [0.1, 0.15) is 18.1 Å². The van der Waals surface area contributed by atoms with Crippen LogP contribution in [-0.2, 0) is 6.42 Å². The smallest absolute Gasteiger partial charge is 0.126 e. The van der Waals surface area contributed by atoms with E-state index in [1.165, 1.54) is 0 Å². The van der Waals surface area contributed by atoms with Crippen molar-refractivity contribution in [3.8, 4) is 11.5 Å². The Hall–Kier alpha value is -1.22. The van der Waals surface area contributed by atoms with Crippen LogP contribution in [0.5, 0.6) is 11.5 Å². The van der Waals surface area contributed by atoms with Crippen LogP contribution in [0.4, 0.5) is 0 Å². The highest BCUT2D eigenvalue weighted by atomic mass is 16.5. The summed E-state index contributed by atoms with van der Waals surface area (Å²) in [6, 6.07) is 4.09. The van der Waals surface area contributed by atoms with Gasteiger partial charge in [0.1, 0.15) is 11.5 Å². The minimum absolute atomic E-state index is 0.0931. The van der Waals surface area contributed by atoms with Crippen LogP contribution in [-0.4, -0.2) is 20.3 Å². The fourth-order valence-corrected chi connectivity index (χ4v) is 1.64. The number of methoxy groups -OCH3 is 2. The van der Waals surface area contributed by atoms with Gasteiger partial charge >= 0.3 is 0 Å². The highest BCUT2D eigenvalue weighted by Crippen LogP contribution is 2.31. The van der Waals surface area contributed by atoms with E-state index in [0.717, 1.165) is 29.0 Å². The molecule has 84 valence electrons. The molecular formula is C12H19NO2. The average Bonchev–Trinajstić information content (AvgIpc) is 2.19. The van der Waals surface area contributed by atoms with Gasteiger partial charge in [0.2, 0.25) is 0 Å². The number of aryl methyl sites for hydroxylation is 1. The summed E-state index contributed by atoms with van der Waals surface area (Å²) in [6.45, 7) is 3.99. The lowest BCUT2D eigenvalue weighted by molar-refractivity contribution is 0.383.